The van der Waals surface area contributed by atoms with Crippen LogP contribution >= 0.6 is 0 Å². The van der Waals surface area contributed by atoms with Gasteiger partial charge in [0.25, 0.3) is 0 Å². The predicted octanol–water partition coefficient (Wildman–Crippen LogP) is 3.02. The van der Waals surface area contributed by atoms with Gasteiger partial charge in [-0.05, 0) is 31.4 Å². The molecule has 1 aromatic carbocycles. The Morgan fingerprint density at radius 2 is 2.18 bits per heavy atom. The predicted molar refractivity (Wildman–Crippen MR) is 66.6 cm³/mol. The zero-order valence-corrected chi connectivity index (χ0v) is 10.2. The molecular weight excluding hydrogens is 217 g/mol. The lowest BCUT2D eigenvalue weighted by atomic mass is 10.0. The molecule has 0 aromatic heterocycles. The van der Waals surface area contributed by atoms with Crippen molar-refractivity contribution in [3.63, 3.8) is 0 Å². The van der Waals surface area contributed by atoms with Crippen LogP contribution in [-0.4, -0.2) is 19.4 Å². The number of benzene rings is 1. The monoisotopic (exact) mass is 235 g/mol. The van der Waals surface area contributed by atoms with Crippen LogP contribution in [0.15, 0.2) is 24.3 Å². The highest BCUT2D eigenvalue weighted by Crippen LogP contribution is 2.25. The molecule has 17 heavy (non-hydrogen) atoms. The number of carbonyl (C=O) groups excluding carboxylic acids is 1. The van der Waals surface area contributed by atoms with E-state index in [0.717, 1.165) is 32.2 Å². The van der Waals surface area contributed by atoms with Crippen molar-refractivity contribution in [2.75, 3.05) is 18.5 Å². The third-order valence-electron chi connectivity index (χ3n) is 3.51. The van der Waals surface area contributed by atoms with Crippen LogP contribution in [0.5, 0.6) is 0 Å². The maximum Gasteiger partial charge on any atom is 0.146 e. The minimum Gasteiger partial charge on any atom is -0.372 e. The average Bonchev–Trinajstić information content (AvgIpc) is 2.72. The summed E-state index contributed by atoms with van der Waals surface area (Å²) in [4.78, 5) is 13.4. The molecule has 0 aliphatic heterocycles. The highest BCUT2D eigenvalue weighted by atomic mass is 19.1. The minimum atomic E-state index is -0.201. The molecule has 1 unspecified atom stereocenters. The number of hydrogen-bond acceptors (Lipinski definition) is 2. The zero-order valence-electron chi connectivity index (χ0n) is 10.2. The van der Waals surface area contributed by atoms with Gasteiger partial charge in [-0.3, -0.25) is 4.79 Å². The van der Waals surface area contributed by atoms with E-state index in [4.69, 9.17) is 0 Å². The van der Waals surface area contributed by atoms with Crippen LogP contribution in [0.3, 0.4) is 0 Å². The Hall–Kier alpha value is -1.38. The van der Waals surface area contributed by atoms with Gasteiger partial charge < -0.3 is 4.90 Å². The average molecular weight is 235 g/mol. The third kappa shape index (κ3) is 2.84. The van der Waals surface area contributed by atoms with Crippen LogP contribution in [0.25, 0.3) is 0 Å². The first kappa shape index (κ1) is 12.1. The summed E-state index contributed by atoms with van der Waals surface area (Å²) in [6.07, 6.45) is 3.59. The molecule has 0 bridgehead atoms. The fourth-order valence-electron chi connectivity index (χ4n) is 2.42. The number of carbonyl (C=O) groups is 1. The Balaban J connectivity index is 1.91. The topological polar surface area (TPSA) is 20.3 Å². The number of rotatable bonds is 4. The number of ketones is 1. The molecule has 3 heteroatoms. The summed E-state index contributed by atoms with van der Waals surface area (Å²) in [5.74, 6) is 0.379. The second kappa shape index (κ2) is 5.30. The van der Waals surface area contributed by atoms with Gasteiger partial charge in [0.05, 0.1) is 5.69 Å². The molecule has 0 amide bonds. The van der Waals surface area contributed by atoms with Crippen LogP contribution < -0.4 is 4.90 Å². The molecule has 1 aromatic rings. The fourth-order valence-corrected chi connectivity index (χ4v) is 2.42. The summed E-state index contributed by atoms with van der Waals surface area (Å²) in [5, 5.41) is 0. The van der Waals surface area contributed by atoms with Gasteiger partial charge in [-0.2, -0.15) is 0 Å². The van der Waals surface area contributed by atoms with Crippen LogP contribution in [0.2, 0.25) is 0 Å². The van der Waals surface area contributed by atoms with E-state index in [1.54, 1.807) is 12.1 Å². The lowest BCUT2D eigenvalue weighted by Gasteiger charge is -2.21. The number of hydrogen-bond donors (Lipinski definition) is 0. The van der Waals surface area contributed by atoms with E-state index in [1.165, 1.54) is 6.07 Å². The first-order valence-corrected chi connectivity index (χ1v) is 6.17. The first-order chi connectivity index (χ1) is 8.18. The summed E-state index contributed by atoms with van der Waals surface area (Å²) in [5.41, 5.74) is 0.609. The number of para-hydroxylation sites is 1. The van der Waals surface area contributed by atoms with Crippen LogP contribution in [0, 0.1) is 11.7 Å². The van der Waals surface area contributed by atoms with Gasteiger partial charge in [-0.15, -0.1) is 0 Å². The van der Waals surface area contributed by atoms with Crippen molar-refractivity contribution in [3.05, 3.63) is 30.1 Å². The Kier molecular flexibility index (Phi) is 3.77. The Morgan fingerprint density at radius 3 is 2.82 bits per heavy atom. The molecule has 92 valence electrons. The Labute approximate surface area is 101 Å². The van der Waals surface area contributed by atoms with Crippen LogP contribution in [0.4, 0.5) is 10.1 Å². The van der Waals surface area contributed by atoms with Gasteiger partial charge in [0.2, 0.25) is 0 Å². The molecule has 1 fully saturated rings. The molecule has 1 atom stereocenters. The van der Waals surface area contributed by atoms with E-state index in [-0.39, 0.29) is 11.7 Å². The van der Waals surface area contributed by atoms with E-state index in [1.807, 2.05) is 18.0 Å². The SMILES string of the molecule is CN(CCC1CCCC1=O)c1ccccc1F. The van der Waals surface area contributed by atoms with Crippen LogP contribution in [-0.2, 0) is 4.79 Å². The molecule has 2 nitrogen and oxygen atoms in total. The fraction of sp³-hybridized carbons (Fsp3) is 0.500. The Bertz CT molecular complexity index is 405. The van der Waals surface area contributed by atoms with Gasteiger partial charge in [0, 0.05) is 25.9 Å². The number of Topliss-reactive ketones (excluding diaryl/α,β-unsaturated/α-hetero) is 1. The van der Waals surface area contributed by atoms with E-state index in [9.17, 15) is 9.18 Å². The summed E-state index contributed by atoms with van der Waals surface area (Å²) in [6, 6.07) is 6.75. The molecule has 1 aliphatic carbocycles. The minimum absolute atomic E-state index is 0.198. The van der Waals surface area contributed by atoms with E-state index < -0.39 is 0 Å². The molecular formula is C14H18FNO. The molecule has 0 saturated heterocycles. The number of nitrogens with zero attached hydrogens (tertiary/aromatic N) is 1. The lowest BCUT2D eigenvalue weighted by molar-refractivity contribution is -0.120. The highest BCUT2D eigenvalue weighted by molar-refractivity contribution is 5.82. The molecule has 1 saturated carbocycles. The number of anilines is 1. The second-order valence-electron chi connectivity index (χ2n) is 4.72. The standard InChI is InChI=1S/C14H18FNO/c1-16(13-7-3-2-6-12(13)15)10-9-11-5-4-8-14(11)17/h2-3,6-7,11H,4-5,8-10H2,1H3. The Morgan fingerprint density at radius 1 is 1.41 bits per heavy atom. The molecule has 2 rings (SSSR count). The van der Waals surface area contributed by atoms with E-state index >= 15 is 0 Å². The van der Waals surface area contributed by atoms with Gasteiger partial charge in [0.15, 0.2) is 0 Å². The van der Waals surface area contributed by atoms with Crippen molar-refractivity contribution in [1.82, 2.24) is 0 Å². The molecule has 1 aliphatic rings. The van der Waals surface area contributed by atoms with Gasteiger partial charge in [-0.1, -0.05) is 12.1 Å². The maximum absolute atomic E-state index is 13.5. The maximum atomic E-state index is 13.5. The van der Waals surface area contributed by atoms with Crippen molar-refractivity contribution in [1.29, 1.82) is 0 Å². The molecule has 0 spiro atoms. The molecule has 0 radical (unpaired) electrons. The molecule has 0 N–H and O–H groups in total. The smallest absolute Gasteiger partial charge is 0.146 e. The van der Waals surface area contributed by atoms with Crippen LogP contribution in [0.1, 0.15) is 25.7 Å². The first-order valence-electron chi connectivity index (χ1n) is 6.17. The van der Waals surface area contributed by atoms with E-state index in [0.29, 0.717) is 11.5 Å². The van der Waals surface area contributed by atoms with Crippen molar-refractivity contribution in [2.24, 2.45) is 5.92 Å². The zero-order chi connectivity index (χ0) is 12.3. The van der Waals surface area contributed by atoms with Crippen molar-refractivity contribution >= 4 is 11.5 Å². The quantitative estimate of drug-likeness (QED) is 0.799. The van der Waals surface area contributed by atoms with Crippen molar-refractivity contribution in [2.45, 2.75) is 25.7 Å². The summed E-state index contributed by atoms with van der Waals surface area (Å²) < 4.78 is 13.5. The summed E-state index contributed by atoms with van der Waals surface area (Å²) in [6.45, 7) is 0.733. The lowest BCUT2D eigenvalue weighted by Crippen LogP contribution is -2.23. The van der Waals surface area contributed by atoms with Gasteiger partial charge in [-0.25, -0.2) is 4.39 Å². The van der Waals surface area contributed by atoms with Gasteiger partial charge >= 0.3 is 0 Å². The highest BCUT2D eigenvalue weighted by Gasteiger charge is 2.24. The normalized spacial score (nSPS) is 19.6. The second-order valence-corrected chi connectivity index (χ2v) is 4.72. The largest absolute Gasteiger partial charge is 0.372 e. The van der Waals surface area contributed by atoms with Gasteiger partial charge in [0.1, 0.15) is 11.6 Å². The number of halogens is 1. The summed E-state index contributed by atoms with van der Waals surface area (Å²) in [7, 11) is 1.87. The van der Waals surface area contributed by atoms with Crippen molar-refractivity contribution < 1.29 is 9.18 Å². The third-order valence-corrected chi connectivity index (χ3v) is 3.51. The molecule has 0 heterocycles. The van der Waals surface area contributed by atoms with E-state index in [2.05, 4.69) is 0 Å². The summed E-state index contributed by atoms with van der Waals surface area (Å²) >= 11 is 0. The van der Waals surface area contributed by atoms with Crippen molar-refractivity contribution in [3.8, 4) is 0 Å².